The summed E-state index contributed by atoms with van der Waals surface area (Å²) < 4.78 is 56.1. The summed E-state index contributed by atoms with van der Waals surface area (Å²) in [5, 5.41) is 0. The van der Waals surface area contributed by atoms with Crippen LogP contribution in [0.2, 0.25) is 0 Å². The molecule has 3 nitrogen and oxygen atoms in total. The number of aromatic nitrogens is 1. The molecular weight excluding hydrogens is 408 g/mol. The zero-order chi connectivity index (χ0) is 21.8. The van der Waals surface area contributed by atoms with E-state index in [1.54, 1.807) is 30.6 Å². The molecule has 0 atom stereocenters. The van der Waals surface area contributed by atoms with Crippen molar-refractivity contribution in [2.75, 3.05) is 6.54 Å². The lowest BCUT2D eigenvalue weighted by Gasteiger charge is -2.16. The van der Waals surface area contributed by atoms with Crippen molar-refractivity contribution in [2.24, 2.45) is 4.99 Å². The SMILES string of the molecule is Fc1ccc(/C=C2/CCCN=C2c2cccnc2)cc1-c1cccc(OC(F)(F)F)c1. The first-order chi connectivity index (χ1) is 14.9. The van der Waals surface area contributed by atoms with Crippen LogP contribution in [0.5, 0.6) is 5.75 Å². The summed E-state index contributed by atoms with van der Waals surface area (Å²) in [6, 6.07) is 13.6. The van der Waals surface area contributed by atoms with Gasteiger partial charge >= 0.3 is 6.36 Å². The molecule has 1 aromatic heterocycles. The smallest absolute Gasteiger partial charge is 0.406 e. The maximum Gasteiger partial charge on any atom is 0.573 e. The molecule has 7 heteroatoms. The van der Waals surface area contributed by atoms with Crippen LogP contribution in [-0.2, 0) is 0 Å². The predicted octanol–water partition coefficient (Wildman–Crippen LogP) is 6.45. The molecule has 2 heterocycles. The van der Waals surface area contributed by atoms with Crippen LogP contribution in [0.4, 0.5) is 17.6 Å². The van der Waals surface area contributed by atoms with E-state index in [0.717, 1.165) is 41.8 Å². The number of benzene rings is 2. The maximum atomic E-state index is 14.5. The van der Waals surface area contributed by atoms with Gasteiger partial charge in [-0.25, -0.2) is 4.39 Å². The highest BCUT2D eigenvalue weighted by atomic mass is 19.4. The summed E-state index contributed by atoms with van der Waals surface area (Å²) in [5.41, 5.74) is 3.98. The summed E-state index contributed by atoms with van der Waals surface area (Å²) in [6.45, 7) is 0.724. The van der Waals surface area contributed by atoms with Crippen LogP contribution in [0.15, 0.2) is 77.6 Å². The first-order valence-electron chi connectivity index (χ1n) is 9.70. The predicted molar refractivity (Wildman–Crippen MR) is 111 cm³/mol. The molecule has 1 aliphatic heterocycles. The number of ether oxygens (including phenoxy) is 1. The molecule has 0 N–H and O–H groups in total. The lowest BCUT2D eigenvalue weighted by atomic mass is 9.94. The van der Waals surface area contributed by atoms with Gasteiger partial charge < -0.3 is 4.74 Å². The van der Waals surface area contributed by atoms with E-state index in [1.165, 1.54) is 24.3 Å². The van der Waals surface area contributed by atoms with Gasteiger partial charge in [0.15, 0.2) is 0 Å². The van der Waals surface area contributed by atoms with Crippen molar-refractivity contribution in [3.05, 3.63) is 89.5 Å². The van der Waals surface area contributed by atoms with Crippen LogP contribution >= 0.6 is 0 Å². The van der Waals surface area contributed by atoms with Crippen LogP contribution in [0.1, 0.15) is 24.0 Å². The third-order valence-electron chi connectivity index (χ3n) is 4.82. The minimum absolute atomic E-state index is 0.192. The fourth-order valence-corrected chi connectivity index (χ4v) is 3.52. The zero-order valence-corrected chi connectivity index (χ0v) is 16.4. The van der Waals surface area contributed by atoms with E-state index in [1.807, 2.05) is 18.2 Å². The average Bonchev–Trinajstić information content (AvgIpc) is 2.75. The minimum atomic E-state index is -4.81. The van der Waals surface area contributed by atoms with Crippen molar-refractivity contribution in [2.45, 2.75) is 19.2 Å². The highest BCUT2D eigenvalue weighted by Crippen LogP contribution is 2.31. The second kappa shape index (κ2) is 8.71. The number of rotatable bonds is 4. The van der Waals surface area contributed by atoms with E-state index in [9.17, 15) is 17.6 Å². The number of aliphatic imine (C=N–C) groups is 1. The average molecular weight is 426 g/mol. The third-order valence-corrected chi connectivity index (χ3v) is 4.82. The number of hydrogen-bond donors (Lipinski definition) is 0. The Morgan fingerprint density at radius 2 is 1.81 bits per heavy atom. The lowest BCUT2D eigenvalue weighted by molar-refractivity contribution is -0.274. The van der Waals surface area contributed by atoms with E-state index in [4.69, 9.17) is 0 Å². The van der Waals surface area contributed by atoms with Crippen LogP contribution in [0.25, 0.3) is 17.2 Å². The van der Waals surface area contributed by atoms with Gasteiger partial charge in [-0.15, -0.1) is 13.2 Å². The standard InChI is InChI=1S/C24H18F4N2O/c25-22-9-8-16(12-18-5-3-11-30-23(18)19-6-2-10-29-15-19)13-21(22)17-4-1-7-20(14-17)31-24(26,27)28/h1-2,4,6-10,12-15H,3,5,11H2/b18-12-. The van der Waals surface area contributed by atoms with Gasteiger partial charge in [-0.05, 0) is 72.0 Å². The Bertz CT molecular complexity index is 1140. The lowest BCUT2D eigenvalue weighted by Crippen LogP contribution is -2.17. The van der Waals surface area contributed by atoms with Gasteiger partial charge in [-0.1, -0.05) is 18.2 Å². The van der Waals surface area contributed by atoms with Gasteiger partial charge in [0.1, 0.15) is 11.6 Å². The first kappa shape index (κ1) is 20.8. The molecule has 0 spiro atoms. The molecule has 0 amide bonds. The fraction of sp³-hybridized carbons (Fsp3) is 0.167. The molecule has 31 heavy (non-hydrogen) atoms. The van der Waals surface area contributed by atoms with Gasteiger partial charge in [0.05, 0.1) is 5.71 Å². The molecule has 158 valence electrons. The molecule has 4 rings (SSSR count). The summed E-state index contributed by atoms with van der Waals surface area (Å²) in [4.78, 5) is 8.78. The van der Waals surface area contributed by atoms with Crippen molar-refractivity contribution in [3.8, 4) is 16.9 Å². The Kier molecular flexibility index (Phi) is 5.84. The monoisotopic (exact) mass is 426 g/mol. The van der Waals surface area contributed by atoms with Gasteiger partial charge in [-0.3, -0.25) is 9.98 Å². The Hall–Kier alpha value is -3.48. The topological polar surface area (TPSA) is 34.5 Å². The third kappa shape index (κ3) is 5.17. The van der Waals surface area contributed by atoms with Gasteiger partial charge in [-0.2, -0.15) is 0 Å². The van der Waals surface area contributed by atoms with Crippen LogP contribution in [-0.4, -0.2) is 23.6 Å². The molecule has 2 aromatic carbocycles. The highest BCUT2D eigenvalue weighted by Gasteiger charge is 2.31. The first-order valence-corrected chi connectivity index (χ1v) is 9.70. The second-order valence-corrected chi connectivity index (χ2v) is 7.06. The summed E-state index contributed by atoms with van der Waals surface area (Å²) >= 11 is 0. The molecule has 1 aliphatic rings. The molecule has 0 aliphatic carbocycles. The maximum absolute atomic E-state index is 14.5. The second-order valence-electron chi connectivity index (χ2n) is 7.06. The molecule has 0 saturated carbocycles. The highest BCUT2D eigenvalue weighted by molar-refractivity contribution is 6.15. The quantitative estimate of drug-likeness (QED) is 0.449. The van der Waals surface area contributed by atoms with E-state index in [2.05, 4.69) is 14.7 Å². The molecule has 0 bridgehead atoms. The molecule has 0 saturated heterocycles. The molecule has 3 aromatic rings. The number of pyridine rings is 1. The normalized spacial score (nSPS) is 15.6. The number of alkyl halides is 3. The molecule has 0 radical (unpaired) electrons. The number of halogens is 4. The Balaban J connectivity index is 1.69. The van der Waals surface area contributed by atoms with Crippen LogP contribution in [0, 0.1) is 5.82 Å². The van der Waals surface area contributed by atoms with Crippen molar-refractivity contribution in [3.63, 3.8) is 0 Å². The number of allylic oxidation sites excluding steroid dienone is 1. The van der Waals surface area contributed by atoms with Gasteiger partial charge in [0, 0.05) is 30.1 Å². The van der Waals surface area contributed by atoms with E-state index in [-0.39, 0.29) is 5.56 Å². The van der Waals surface area contributed by atoms with Crippen LogP contribution < -0.4 is 4.74 Å². The van der Waals surface area contributed by atoms with Crippen molar-refractivity contribution in [1.29, 1.82) is 0 Å². The van der Waals surface area contributed by atoms with E-state index < -0.39 is 17.9 Å². The summed E-state index contributed by atoms with van der Waals surface area (Å²) in [5.74, 6) is -0.928. The van der Waals surface area contributed by atoms with Crippen molar-refractivity contribution in [1.82, 2.24) is 4.98 Å². The van der Waals surface area contributed by atoms with Crippen molar-refractivity contribution >= 4 is 11.8 Å². The van der Waals surface area contributed by atoms with Crippen molar-refractivity contribution < 1.29 is 22.3 Å². The largest absolute Gasteiger partial charge is 0.573 e. The number of nitrogens with zero attached hydrogens (tertiary/aromatic N) is 2. The van der Waals surface area contributed by atoms with E-state index >= 15 is 0 Å². The molecular formula is C24H18F4N2O. The minimum Gasteiger partial charge on any atom is -0.406 e. The molecule has 0 fully saturated rings. The Morgan fingerprint density at radius 1 is 0.968 bits per heavy atom. The zero-order valence-electron chi connectivity index (χ0n) is 16.4. The Labute approximate surface area is 176 Å². The van der Waals surface area contributed by atoms with Gasteiger partial charge in [0.25, 0.3) is 0 Å². The summed E-state index contributed by atoms with van der Waals surface area (Å²) in [7, 11) is 0. The van der Waals surface area contributed by atoms with Crippen LogP contribution in [0.3, 0.4) is 0 Å². The Morgan fingerprint density at radius 3 is 2.58 bits per heavy atom. The number of hydrogen-bond acceptors (Lipinski definition) is 3. The van der Waals surface area contributed by atoms with Gasteiger partial charge in [0.2, 0.25) is 0 Å². The summed E-state index contributed by atoms with van der Waals surface area (Å²) in [6.07, 6.45) is 2.28. The molecule has 0 unspecified atom stereocenters. The van der Waals surface area contributed by atoms with E-state index in [0.29, 0.717) is 5.56 Å². The fourth-order valence-electron chi connectivity index (χ4n) is 3.52.